The number of nitrogens with zero attached hydrogens (tertiary/aromatic N) is 1. The first-order valence-corrected chi connectivity index (χ1v) is 4.63. The molecule has 0 aromatic carbocycles. The van der Waals surface area contributed by atoms with Crippen molar-refractivity contribution in [1.82, 2.24) is 4.98 Å². The Balaban J connectivity index is 2.56. The molecule has 0 spiro atoms. The van der Waals surface area contributed by atoms with E-state index in [1.54, 1.807) is 24.4 Å². The Morgan fingerprint density at radius 3 is 3.14 bits per heavy atom. The van der Waals surface area contributed by atoms with E-state index >= 15 is 0 Å². The molecule has 0 fully saturated rings. The van der Waals surface area contributed by atoms with Crippen LogP contribution in [-0.4, -0.2) is 10.9 Å². The van der Waals surface area contributed by atoms with Crippen molar-refractivity contribution in [3.63, 3.8) is 0 Å². The topological polar surface area (TPSA) is 42.0 Å². The predicted octanol–water partition coefficient (Wildman–Crippen LogP) is 2.64. The lowest BCUT2D eigenvalue weighted by Gasteiger charge is -2.04. The van der Waals surface area contributed by atoms with E-state index in [2.05, 4.69) is 16.9 Å². The largest absolute Gasteiger partial charge is 0.309 e. The second-order valence-electron chi connectivity index (χ2n) is 2.71. The molecule has 1 rings (SSSR count). The Hall–Kier alpha value is -1.35. The molecule has 0 aliphatic rings. The third-order valence-corrected chi connectivity index (χ3v) is 1.90. The zero-order valence-corrected chi connectivity index (χ0v) is 8.42. The molecule has 1 N–H and O–H groups in total. The fourth-order valence-electron chi connectivity index (χ4n) is 0.905. The van der Waals surface area contributed by atoms with Crippen molar-refractivity contribution >= 4 is 23.3 Å². The van der Waals surface area contributed by atoms with Crippen molar-refractivity contribution in [1.29, 1.82) is 0 Å². The number of allylic oxidation sites excluding steroid dienone is 1. The Bertz CT molecular complexity index is 339. The number of rotatable bonds is 4. The summed E-state index contributed by atoms with van der Waals surface area (Å²) in [4.78, 5) is 15.2. The maximum atomic E-state index is 11.3. The van der Waals surface area contributed by atoms with Crippen LogP contribution < -0.4 is 5.32 Å². The van der Waals surface area contributed by atoms with Gasteiger partial charge in [0.15, 0.2) is 5.82 Å². The van der Waals surface area contributed by atoms with Crippen molar-refractivity contribution in [2.45, 2.75) is 12.8 Å². The number of amides is 1. The number of aromatic nitrogens is 1. The summed E-state index contributed by atoms with van der Waals surface area (Å²) in [6.45, 7) is 3.54. The monoisotopic (exact) mass is 210 g/mol. The van der Waals surface area contributed by atoms with Gasteiger partial charge in [-0.15, -0.1) is 6.58 Å². The third-order valence-electron chi connectivity index (χ3n) is 1.59. The number of nitrogens with one attached hydrogen (secondary N) is 1. The van der Waals surface area contributed by atoms with Gasteiger partial charge in [0.1, 0.15) is 0 Å². The lowest BCUT2D eigenvalue weighted by Crippen LogP contribution is -2.12. The van der Waals surface area contributed by atoms with E-state index in [-0.39, 0.29) is 5.91 Å². The standard InChI is InChI=1S/C10H11ClN2O/c1-2-3-6-9(14)13-10-8(11)5-4-7-12-10/h2,4-5,7H,1,3,6H2,(H,12,13,14). The van der Waals surface area contributed by atoms with Crippen LogP contribution in [0.4, 0.5) is 5.82 Å². The minimum Gasteiger partial charge on any atom is -0.309 e. The van der Waals surface area contributed by atoms with Gasteiger partial charge in [-0.1, -0.05) is 17.7 Å². The van der Waals surface area contributed by atoms with Gasteiger partial charge in [0.2, 0.25) is 5.91 Å². The van der Waals surface area contributed by atoms with Crippen LogP contribution in [0.2, 0.25) is 5.02 Å². The molecule has 0 atom stereocenters. The number of hydrogen-bond donors (Lipinski definition) is 1. The maximum absolute atomic E-state index is 11.3. The van der Waals surface area contributed by atoms with Gasteiger partial charge >= 0.3 is 0 Å². The summed E-state index contributed by atoms with van der Waals surface area (Å²) in [5.74, 6) is 0.300. The van der Waals surface area contributed by atoms with Crippen LogP contribution in [-0.2, 0) is 4.79 Å². The fraction of sp³-hybridized carbons (Fsp3) is 0.200. The molecule has 1 heterocycles. The summed E-state index contributed by atoms with van der Waals surface area (Å²) in [7, 11) is 0. The van der Waals surface area contributed by atoms with Crippen LogP contribution in [0.25, 0.3) is 0 Å². The predicted molar refractivity (Wildman–Crippen MR) is 57.3 cm³/mol. The molecule has 0 aliphatic carbocycles. The summed E-state index contributed by atoms with van der Waals surface area (Å²) in [6, 6.07) is 3.39. The van der Waals surface area contributed by atoms with Crippen LogP contribution in [0.1, 0.15) is 12.8 Å². The fourth-order valence-corrected chi connectivity index (χ4v) is 1.07. The molecule has 0 unspecified atom stereocenters. The van der Waals surface area contributed by atoms with Gasteiger partial charge in [-0.05, 0) is 18.6 Å². The first-order chi connectivity index (χ1) is 6.74. The molecule has 1 amide bonds. The molecule has 0 saturated carbocycles. The minimum absolute atomic E-state index is 0.106. The van der Waals surface area contributed by atoms with Gasteiger partial charge in [0.25, 0.3) is 0 Å². The Labute approximate surface area is 87.8 Å². The Kier molecular flexibility index (Phi) is 4.13. The number of hydrogen-bond acceptors (Lipinski definition) is 2. The van der Waals surface area contributed by atoms with Gasteiger partial charge in [-0.3, -0.25) is 4.79 Å². The number of halogens is 1. The molecule has 0 bridgehead atoms. The lowest BCUT2D eigenvalue weighted by molar-refractivity contribution is -0.116. The van der Waals surface area contributed by atoms with E-state index in [0.29, 0.717) is 23.7 Å². The van der Waals surface area contributed by atoms with Crippen molar-refractivity contribution < 1.29 is 4.79 Å². The number of carbonyl (C=O) groups is 1. The second-order valence-corrected chi connectivity index (χ2v) is 3.12. The van der Waals surface area contributed by atoms with Crippen LogP contribution >= 0.6 is 11.6 Å². The summed E-state index contributed by atoms with van der Waals surface area (Å²) >= 11 is 5.80. The third kappa shape index (κ3) is 3.18. The van der Waals surface area contributed by atoms with Gasteiger partial charge in [-0.25, -0.2) is 4.98 Å². The van der Waals surface area contributed by atoms with Crippen molar-refractivity contribution in [3.8, 4) is 0 Å². The van der Waals surface area contributed by atoms with E-state index in [9.17, 15) is 4.79 Å². The zero-order valence-electron chi connectivity index (χ0n) is 7.66. The molecule has 0 radical (unpaired) electrons. The van der Waals surface area contributed by atoms with E-state index in [1.165, 1.54) is 0 Å². The average Bonchev–Trinajstić information content (AvgIpc) is 2.18. The highest BCUT2D eigenvalue weighted by Gasteiger charge is 2.04. The minimum atomic E-state index is -0.106. The molecular weight excluding hydrogens is 200 g/mol. The Morgan fingerprint density at radius 1 is 1.71 bits per heavy atom. The molecule has 74 valence electrons. The SMILES string of the molecule is C=CCCC(=O)Nc1ncccc1Cl. The summed E-state index contributed by atoms with van der Waals surface area (Å²) in [5, 5.41) is 3.06. The van der Waals surface area contributed by atoms with Crippen LogP contribution in [0.5, 0.6) is 0 Å². The van der Waals surface area contributed by atoms with Crippen LogP contribution in [0.15, 0.2) is 31.0 Å². The normalized spacial score (nSPS) is 9.50. The van der Waals surface area contributed by atoms with E-state index in [0.717, 1.165) is 0 Å². The van der Waals surface area contributed by atoms with Gasteiger partial charge < -0.3 is 5.32 Å². The second kappa shape index (κ2) is 5.40. The van der Waals surface area contributed by atoms with E-state index in [1.807, 2.05) is 0 Å². The number of pyridine rings is 1. The summed E-state index contributed by atoms with van der Waals surface area (Å²) < 4.78 is 0. The first kappa shape index (κ1) is 10.7. The molecule has 1 aromatic heterocycles. The highest BCUT2D eigenvalue weighted by atomic mass is 35.5. The first-order valence-electron chi connectivity index (χ1n) is 4.25. The summed E-state index contributed by atoms with van der Waals surface area (Å²) in [6.07, 6.45) is 4.32. The molecule has 1 aromatic rings. The number of anilines is 1. The van der Waals surface area contributed by atoms with Crippen molar-refractivity contribution in [2.75, 3.05) is 5.32 Å². The highest BCUT2D eigenvalue weighted by molar-refractivity contribution is 6.33. The molecule has 4 heteroatoms. The molecule has 0 saturated heterocycles. The van der Waals surface area contributed by atoms with Gasteiger partial charge in [0.05, 0.1) is 5.02 Å². The molecule has 14 heavy (non-hydrogen) atoms. The van der Waals surface area contributed by atoms with Crippen molar-refractivity contribution in [3.05, 3.63) is 36.0 Å². The van der Waals surface area contributed by atoms with Crippen LogP contribution in [0, 0.1) is 0 Å². The highest BCUT2D eigenvalue weighted by Crippen LogP contribution is 2.17. The van der Waals surface area contributed by atoms with Gasteiger partial charge in [0, 0.05) is 12.6 Å². The molecular formula is C10H11ClN2O. The van der Waals surface area contributed by atoms with E-state index in [4.69, 9.17) is 11.6 Å². The number of carbonyl (C=O) groups excluding carboxylic acids is 1. The smallest absolute Gasteiger partial charge is 0.225 e. The van der Waals surface area contributed by atoms with Crippen LogP contribution in [0.3, 0.4) is 0 Å². The zero-order chi connectivity index (χ0) is 10.4. The quantitative estimate of drug-likeness (QED) is 0.777. The van der Waals surface area contributed by atoms with E-state index < -0.39 is 0 Å². The molecule has 0 aliphatic heterocycles. The average molecular weight is 211 g/mol. The summed E-state index contributed by atoms with van der Waals surface area (Å²) in [5.41, 5.74) is 0. The lowest BCUT2D eigenvalue weighted by atomic mass is 10.3. The van der Waals surface area contributed by atoms with Crippen molar-refractivity contribution in [2.24, 2.45) is 0 Å². The molecule has 3 nitrogen and oxygen atoms in total. The Morgan fingerprint density at radius 2 is 2.50 bits per heavy atom. The van der Waals surface area contributed by atoms with Gasteiger partial charge in [-0.2, -0.15) is 0 Å². The maximum Gasteiger partial charge on any atom is 0.225 e.